The van der Waals surface area contributed by atoms with Crippen molar-refractivity contribution in [2.45, 2.75) is 46.6 Å². The minimum atomic E-state index is -0.982. The number of ether oxygens (including phenoxy) is 1. The molecule has 6 heteroatoms. The quantitative estimate of drug-likeness (QED) is 0.302. The van der Waals surface area contributed by atoms with Crippen molar-refractivity contribution < 1.29 is 19.5 Å². The molecular weight excluding hydrogens is 380 g/mol. The van der Waals surface area contributed by atoms with Gasteiger partial charge in [-0.2, -0.15) is 0 Å². The SMILES string of the molecule is CCc1c(OC)cccc1C(=O)CN(C(=O)c1cc(C)cc(C)c1)C(C)(C)/C=N/O. The van der Waals surface area contributed by atoms with Crippen molar-refractivity contribution in [2.75, 3.05) is 13.7 Å². The Balaban J connectivity index is 2.49. The molecule has 1 amide bonds. The van der Waals surface area contributed by atoms with Crippen LogP contribution >= 0.6 is 0 Å². The van der Waals surface area contributed by atoms with E-state index in [-0.39, 0.29) is 18.2 Å². The van der Waals surface area contributed by atoms with Crippen LogP contribution in [0, 0.1) is 13.8 Å². The molecular formula is C24H30N2O4. The fourth-order valence-corrected chi connectivity index (χ4v) is 3.61. The number of amides is 1. The number of aryl methyl sites for hydroxylation is 2. The summed E-state index contributed by atoms with van der Waals surface area (Å²) < 4.78 is 5.39. The van der Waals surface area contributed by atoms with Crippen molar-refractivity contribution in [3.8, 4) is 5.75 Å². The van der Waals surface area contributed by atoms with Crippen molar-refractivity contribution in [3.63, 3.8) is 0 Å². The molecule has 30 heavy (non-hydrogen) atoms. The van der Waals surface area contributed by atoms with Crippen LogP contribution in [-0.4, -0.2) is 47.2 Å². The maximum atomic E-state index is 13.4. The summed E-state index contributed by atoms with van der Waals surface area (Å²) in [6.45, 7) is 9.09. The Bertz CT molecular complexity index is 943. The molecule has 0 unspecified atom stereocenters. The van der Waals surface area contributed by atoms with Crippen LogP contribution in [0.25, 0.3) is 0 Å². The number of carbonyl (C=O) groups is 2. The number of rotatable bonds is 8. The van der Waals surface area contributed by atoms with E-state index in [0.717, 1.165) is 16.7 Å². The number of ketones is 1. The molecule has 0 spiro atoms. The Kier molecular flexibility index (Phi) is 7.38. The summed E-state index contributed by atoms with van der Waals surface area (Å²) in [5, 5.41) is 12.3. The van der Waals surface area contributed by atoms with Crippen LogP contribution in [0.2, 0.25) is 0 Å². The highest BCUT2D eigenvalue weighted by Crippen LogP contribution is 2.25. The lowest BCUT2D eigenvalue weighted by molar-refractivity contribution is 0.0611. The molecule has 0 saturated heterocycles. The first-order valence-electron chi connectivity index (χ1n) is 9.92. The normalized spacial score (nSPS) is 11.5. The summed E-state index contributed by atoms with van der Waals surface area (Å²) in [6, 6.07) is 10.9. The van der Waals surface area contributed by atoms with Gasteiger partial charge in [0.05, 0.1) is 25.4 Å². The maximum Gasteiger partial charge on any atom is 0.255 e. The summed E-state index contributed by atoms with van der Waals surface area (Å²) in [7, 11) is 1.57. The van der Waals surface area contributed by atoms with E-state index in [2.05, 4.69) is 5.16 Å². The van der Waals surface area contributed by atoms with Gasteiger partial charge in [-0.25, -0.2) is 0 Å². The predicted molar refractivity (Wildman–Crippen MR) is 118 cm³/mol. The molecule has 0 aliphatic heterocycles. The third-order valence-electron chi connectivity index (χ3n) is 5.09. The standard InChI is InChI=1S/C24H30N2O4/c1-7-19-20(9-8-10-22(19)30-6)21(27)14-26(24(4,5)15-25-29)23(28)18-12-16(2)11-17(3)13-18/h8-13,15,29H,7,14H2,1-6H3/b25-15+. The number of methoxy groups -OCH3 is 1. The van der Waals surface area contributed by atoms with Crippen molar-refractivity contribution >= 4 is 17.9 Å². The van der Waals surface area contributed by atoms with Gasteiger partial charge < -0.3 is 14.8 Å². The van der Waals surface area contributed by atoms with Gasteiger partial charge in [-0.3, -0.25) is 9.59 Å². The van der Waals surface area contributed by atoms with Gasteiger partial charge in [0.25, 0.3) is 5.91 Å². The molecule has 160 valence electrons. The van der Waals surface area contributed by atoms with Crippen molar-refractivity contribution in [1.29, 1.82) is 0 Å². The van der Waals surface area contributed by atoms with Gasteiger partial charge in [-0.05, 0) is 52.3 Å². The molecule has 1 N–H and O–H groups in total. The van der Waals surface area contributed by atoms with E-state index in [1.807, 2.05) is 32.9 Å². The minimum Gasteiger partial charge on any atom is -0.496 e. The Labute approximate surface area is 178 Å². The molecule has 0 saturated carbocycles. The molecule has 2 rings (SSSR count). The maximum absolute atomic E-state index is 13.4. The van der Waals surface area contributed by atoms with Crippen LogP contribution in [0.1, 0.15) is 58.2 Å². The van der Waals surface area contributed by atoms with Crippen molar-refractivity contribution in [3.05, 3.63) is 64.2 Å². The van der Waals surface area contributed by atoms with E-state index in [0.29, 0.717) is 23.3 Å². The van der Waals surface area contributed by atoms with Gasteiger partial charge in [0.15, 0.2) is 5.78 Å². The third-order valence-corrected chi connectivity index (χ3v) is 5.09. The Morgan fingerprint density at radius 1 is 1.17 bits per heavy atom. The van der Waals surface area contributed by atoms with Crippen LogP contribution in [0.5, 0.6) is 5.75 Å². The predicted octanol–water partition coefficient (Wildman–Crippen LogP) is 4.44. The highest BCUT2D eigenvalue weighted by atomic mass is 16.5. The van der Waals surface area contributed by atoms with Crippen LogP contribution in [0.3, 0.4) is 0 Å². The highest BCUT2D eigenvalue weighted by molar-refractivity contribution is 6.04. The molecule has 0 heterocycles. The van der Waals surface area contributed by atoms with Gasteiger partial charge in [0.2, 0.25) is 0 Å². The average molecular weight is 411 g/mol. The number of hydrogen-bond acceptors (Lipinski definition) is 5. The van der Waals surface area contributed by atoms with Gasteiger partial charge in [0, 0.05) is 16.7 Å². The highest BCUT2D eigenvalue weighted by Gasteiger charge is 2.33. The van der Waals surface area contributed by atoms with Crippen LogP contribution in [0.4, 0.5) is 0 Å². The van der Waals surface area contributed by atoms with Gasteiger partial charge in [-0.1, -0.05) is 41.4 Å². The number of hydrogen-bond donors (Lipinski definition) is 1. The van der Waals surface area contributed by atoms with E-state index in [1.165, 1.54) is 11.1 Å². The number of oxime groups is 1. The van der Waals surface area contributed by atoms with Crippen LogP contribution < -0.4 is 4.74 Å². The smallest absolute Gasteiger partial charge is 0.255 e. The summed E-state index contributed by atoms with van der Waals surface area (Å²) in [5.74, 6) is 0.135. The zero-order chi connectivity index (χ0) is 22.5. The van der Waals surface area contributed by atoms with Gasteiger partial charge in [0.1, 0.15) is 5.75 Å². The number of benzene rings is 2. The van der Waals surface area contributed by atoms with E-state index in [9.17, 15) is 9.59 Å². The number of Topliss-reactive ketones (excluding diaryl/α,β-unsaturated/α-hetero) is 1. The summed E-state index contributed by atoms with van der Waals surface area (Å²) in [6.07, 6.45) is 1.88. The lowest BCUT2D eigenvalue weighted by atomic mass is 9.96. The Morgan fingerprint density at radius 3 is 2.33 bits per heavy atom. The minimum absolute atomic E-state index is 0.162. The lowest BCUT2D eigenvalue weighted by Crippen LogP contribution is -2.51. The van der Waals surface area contributed by atoms with E-state index >= 15 is 0 Å². The molecule has 0 aliphatic carbocycles. The van der Waals surface area contributed by atoms with Crippen LogP contribution in [-0.2, 0) is 6.42 Å². The van der Waals surface area contributed by atoms with Crippen LogP contribution in [0.15, 0.2) is 41.6 Å². The summed E-state index contributed by atoms with van der Waals surface area (Å²) in [4.78, 5) is 28.1. The Morgan fingerprint density at radius 2 is 1.80 bits per heavy atom. The monoisotopic (exact) mass is 410 g/mol. The molecule has 0 aromatic heterocycles. The molecule has 6 nitrogen and oxygen atoms in total. The summed E-state index contributed by atoms with van der Waals surface area (Å²) in [5.41, 5.74) is 2.74. The second-order valence-corrected chi connectivity index (χ2v) is 7.93. The first-order chi connectivity index (χ1) is 14.1. The zero-order valence-corrected chi connectivity index (χ0v) is 18.5. The first kappa shape index (κ1) is 23.1. The zero-order valence-electron chi connectivity index (χ0n) is 18.5. The molecule has 0 radical (unpaired) electrons. The van der Waals surface area contributed by atoms with Crippen molar-refractivity contribution in [2.24, 2.45) is 5.16 Å². The third kappa shape index (κ3) is 5.06. The van der Waals surface area contributed by atoms with Gasteiger partial charge in [-0.15, -0.1) is 0 Å². The molecule has 0 bridgehead atoms. The van der Waals surface area contributed by atoms with Crippen molar-refractivity contribution in [1.82, 2.24) is 4.90 Å². The van der Waals surface area contributed by atoms with Gasteiger partial charge >= 0.3 is 0 Å². The van der Waals surface area contributed by atoms with E-state index in [4.69, 9.17) is 9.94 Å². The molecule has 2 aromatic carbocycles. The Hall–Kier alpha value is -3.15. The number of nitrogens with zero attached hydrogens (tertiary/aromatic N) is 2. The average Bonchev–Trinajstić information content (AvgIpc) is 2.69. The van der Waals surface area contributed by atoms with E-state index < -0.39 is 5.54 Å². The molecule has 0 aliphatic rings. The second-order valence-electron chi connectivity index (χ2n) is 7.93. The number of carbonyl (C=O) groups excluding carboxylic acids is 2. The fourth-order valence-electron chi connectivity index (χ4n) is 3.61. The van der Waals surface area contributed by atoms with E-state index in [1.54, 1.807) is 45.2 Å². The molecule has 2 aromatic rings. The lowest BCUT2D eigenvalue weighted by Gasteiger charge is -2.35. The fraction of sp³-hybridized carbons (Fsp3) is 0.375. The molecule has 0 fully saturated rings. The summed E-state index contributed by atoms with van der Waals surface area (Å²) >= 11 is 0. The largest absolute Gasteiger partial charge is 0.496 e. The molecule has 0 atom stereocenters. The first-order valence-corrected chi connectivity index (χ1v) is 9.92. The topological polar surface area (TPSA) is 79.2 Å². The second kappa shape index (κ2) is 9.57.